The van der Waals surface area contributed by atoms with Crippen molar-refractivity contribution in [3.63, 3.8) is 0 Å². The van der Waals surface area contributed by atoms with E-state index in [0.717, 1.165) is 16.5 Å². The quantitative estimate of drug-likeness (QED) is 0.554. The number of nitrogens with zero attached hydrogens (tertiary/aromatic N) is 4. The van der Waals surface area contributed by atoms with Gasteiger partial charge in [0.05, 0.1) is 37.4 Å². The number of nitrogens with one attached hydrogen (secondary N) is 1. The Morgan fingerprint density at radius 3 is 3.00 bits per heavy atom. The Hall–Kier alpha value is -2.71. The van der Waals surface area contributed by atoms with Gasteiger partial charge in [0.25, 0.3) is 0 Å². The molecule has 9 heteroatoms. The van der Waals surface area contributed by atoms with Crippen LogP contribution in [0.2, 0.25) is 5.02 Å². The van der Waals surface area contributed by atoms with Crippen LogP contribution in [0.5, 0.6) is 5.88 Å². The number of fused-ring (bicyclic) bond motifs is 1. The SMILES string of the molecule is O=C(Cc1nccc2nn(Cc3cnc(OCC4CC4)c(Cl)c3)cc12)NCCO. The third kappa shape index (κ3) is 5.02. The van der Waals surface area contributed by atoms with Gasteiger partial charge in [-0.05, 0) is 36.5 Å². The molecule has 1 aliphatic rings. The lowest BCUT2D eigenvalue weighted by Gasteiger charge is -2.08. The van der Waals surface area contributed by atoms with Crippen molar-refractivity contribution in [1.82, 2.24) is 25.1 Å². The molecule has 4 rings (SSSR count). The van der Waals surface area contributed by atoms with Crippen molar-refractivity contribution < 1.29 is 14.6 Å². The number of ether oxygens (including phenoxy) is 1. The minimum absolute atomic E-state index is 0.0949. The third-order valence-electron chi connectivity index (χ3n) is 4.69. The highest BCUT2D eigenvalue weighted by Crippen LogP contribution is 2.31. The first-order valence-corrected chi connectivity index (χ1v) is 9.96. The highest BCUT2D eigenvalue weighted by Gasteiger charge is 2.22. The van der Waals surface area contributed by atoms with Gasteiger partial charge in [0.15, 0.2) is 0 Å². The second kappa shape index (κ2) is 8.75. The third-order valence-corrected chi connectivity index (χ3v) is 4.96. The van der Waals surface area contributed by atoms with E-state index in [4.69, 9.17) is 21.4 Å². The van der Waals surface area contributed by atoms with Crippen LogP contribution in [0.4, 0.5) is 0 Å². The molecule has 1 aliphatic carbocycles. The molecule has 1 saturated carbocycles. The lowest BCUT2D eigenvalue weighted by Crippen LogP contribution is -2.28. The molecule has 0 spiro atoms. The number of aromatic nitrogens is 4. The molecule has 0 aliphatic heterocycles. The Bertz CT molecular complexity index is 1020. The van der Waals surface area contributed by atoms with Gasteiger partial charge in [0, 0.05) is 30.5 Å². The number of halogens is 1. The number of hydrogen-bond acceptors (Lipinski definition) is 6. The van der Waals surface area contributed by atoms with Crippen LogP contribution in [-0.2, 0) is 17.8 Å². The minimum Gasteiger partial charge on any atom is -0.476 e. The second-order valence-corrected chi connectivity index (χ2v) is 7.56. The maximum Gasteiger partial charge on any atom is 0.232 e. The van der Waals surface area contributed by atoms with Crippen molar-refractivity contribution in [2.75, 3.05) is 19.8 Å². The van der Waals surface area contributed by atoms with Gasteiger partial charge >= 0.3 is 0 Å². The van der Waals surface area contributed by atoms with Gasteiger partial charge in [0.2, 0.25) is 11.8 Å². The van der Waals surface area contributed by atoms with E-state index >= 15 is 0 Å². The molecule has 1 fully saturated rings. The summed E-state index contributed by atoms with van der Waals surface area (Å²) in [5, 5.41) is 17.3. The van der Waals surface area contributed by atoms with E-state index in [1.807, 2.05) is 12.3 Å². The lowest BCUT2D eigenvalue weighted by molar-refractivity contribution is -0.120. The molecule has 3 heterocycles. The molecule has 2 N–H and O–H groups in total. The number of carbonyl (C=O) groups is 1. The summed E-state index contributed by atoms with van der Waals surface area (Å²) < 4.78 is 7.44. The van der Waals surface area contributed by atoms with Crippen LogP contribution in [-0.4, -0.2) is 50.5 Å². The van der Waals surface area contributed by atoms with Crippen LogP contribution >= 0.6 is 11.6 Å². The summed E-state index contributed by atoms with van der Waals surface area (Å²) in [4.78, 5) is 20.6. The van der Waals surface area contributed by atoms with E-state index in [-0.39, 0.29) is 25.5 Å². The van der Waals surface area contributed by atoms with E-state index < -0.39 is 0 Å². The van der Waals surface area contributed by atoms with Crippen molar-refractivity contribution in [2.24, 2.45) is 5.92 Å². The summed E-state index contributed by atoms with van der Waals surface area (Å²) in [6.45, 7) is 1.28. The van der Waals surface area contributed by atoms with Crippen molar-refractivity contribution in [1.29, 1.82) is 0 Å². The molecule has 152 valence electrons. The highest BCUT2D eigenvalue weighted by molar-refractivity contribution is 6.31. The van der Waals surface area contributed by atoms with E-state index in [2.05, 4.69) is 20.4 Å². The van der Waals surface area contributed by atoms with Crippen molar-refractivity contribution in [3.05, 3.63) is 47.0 Å². The van der Waals surface area contributed by atoms with Gasteiger partial charge in [-0.25, -0.2) is 4.98 Å². The normalized spacial score (nSPS) is 13.6. The molecule has 0 aromatic carbocycles. The van der Waals surface area contributed by atoms with Gasteiger partial charge in [-0.15, -0.1) is 0 Å². The fourth-order valence-corrected chi connectivity index (χ4v) is 3.25. The average Bonchev–Trinajstić information content (AvgIpc) is 3.44. The number of carbonyl (C=O) groups excluding carboxylic acids is 1. The topological polar surface area (TPSA) is 102 Å². The molecule has 0 saturated heterocycles. The van der Waals surface area contributed by atoms with E-state index in [1.54, 1.807) is 23.1 Å². The fourth-order valence-electron chi connectivity index (χ4n) is 3.01. The summed E-state index contributed by atoms with van der Waals surface area (Å²) in [5.41, 5.74) is 2.30. The number of aliphatic hydroxyl groups excluding tert-OH is 1. The summed E-state index contributed by atoms with van der Waals surface area (Å²) in [6, 6.07) is 3.64. The average molecular weight is 416 g/mol. The first-order chi connectivity index (χ1) is 14.1. The highest BCUT2D eigenvalue weighted by atomic mass is 35.5. The molecule has 3 aromatic rings. The first-order valence-electron chi connectivity index (χ1n) is 9.58. The zero-order valence-corrected chi connectivity index (χ0v) is 16.6. The lowest BCUT2D eigenvalue weighted by atomic mass is 10.2. The van der Waals surface area contributed by atoms with Crippen molar-refractivity contribution in [2.45, 2.75) is 25.8 Å². The van der Waals surface area contributed by atoms with Gasteiger partial charge in [-0.3, -0.25) is 14.5 Å². The molecular formula is C20H22ClN5O3. The van der Waals surface area contributed by atoms with Crippen LogP contribution in [0.3, 0.4) is 0 Å². The summed E-state index contributed by atoms with van der Waals surface area (Å²) in [7, 11) is 0. The Labute approximate surface area is 172 Å². The molecule has 0 radical (unpaired) electrons. The first kappa shape index (κ1) is 19.6. The maximum absolute atomic E-state index is 12.0. The minimum atomic E-state index is -0.190. The van der Waals surface area contributed by atoms with Crippen molar-refractivity contribution in [3.8, 4) is 5.88 Å². The zero-order valence-electron chi connectivity index (χ0n) is 15.8. The molecule has 29 heavy (non-hydrogen) atoms. The largest absolute Gasteiger partial charge is 0.476 e. The van der Waals surface area contributed by atoms with Crippen LogP contribution < -0.4 is 10.1 Å². The zero-order chi connectivity index (χ0) is 20.2. The number of amides is 1. The number of hydrogen-bond donors (Lipinski definition) is 2. The van der Waals surface area contributed by atoms with Crippen LogP contribution in [0.1, 0.15) is 24.1 Å². The Morgan fingerprint density at radius 1 is 1.38 bits per heavy atom. The predicted molar refractivity (Wildman–Crippen MR) is 108 cm³/mol. The number of aliphatic hydroxyl groups is 1. The summed E-state index contributed by atoms with van der Waals surface area (Å²) >= 11 is 6.31. The Balaban J connectivity index is 1.47. The molecule has 0 atom stereocenters. The van der Waals surface area contributed by atoms with Crippen LogP contribution in [0, 0.1) is 5.92 Å². The van der Waals surface area contributed by atoms with Crippen molar-refractivity contribution >= 4 is 28.4 Å². The molecular weight excluding hydrogens is 394 g/mol. The monoisotopic (exact) mass is 415 g/mol. The van der Waals surface area contributed by atoms with E-state index in [0.29, 0.717) is 35.7 Å². The Kier molecular flexibility index (Phi) is 5.92. The number of rotatable bonds is 9. The Morgan fingerprint density at radius 2 is 2.24 bits per heavy atom. The van der Waals surface area contributed by atoms with Gasteiger partial charge < -0.3 is 15.2 Å². The van der Waals surface area contributed by atoms with Crippen LogP contribution in [0.15, 0.2) is 30.7 Å². The predicted octanol–water partition coefficient (Wildman–Crippen LogP) is 1.97. The molecule has 3 aromatic heterocycles. The van der Waals surface area contributed by atoms with Gasteiger partial charge in [-0.2, -0.15) is 5.10 Å². The molecule has 0 bridgehead atoms. The molecule has 0 unspecified atom stereocenters. The summed E-state index contributed by atoms with van der Waals surface area (Å²) in [5.74, 6) is 0.912. The molecule has 1 amide bonds. The standard InChI is InChI=1S/C20H22ClN5O3/c21-16-7-14(9-24-20(16)29-12-13-1-2-13)10-26-11-15-17(25-26)3-4-22-18(15)8-19(28)23-5-6-27/h3-4,7,9,11,13,27H,1-2,5-6,8,10,12H2,(H,23,28). The second-order valence-electron chi connectivity index (χ2n) is 7.15. The summed E-state index contributed by atoms with van der Waals surface area (Å²) in [6.07, 6.45) is 7.79. The smallest absolute Gasteiger partial charge is 0.232 e. The van der Waals surface area contributed by atoms with Gasteiger partial charge in [-0.1, -0.05) is 11.6 Å². The molecule has 8 nitrogen and oxygen atoms in total. The van der Waals surface area contributed by atoms with Gasteiger partial charge in [0.1, 0.15) is 5.02 Å². The fraction of sp³-hybridized carbons (Fsp3) is 0.400. The maximum atomic E-state index is 12.0. The van der Waals surface area contributed by atoms with E-state index in [1.165, 1.54) is 12.8 Å². The number of pyridine rings is 2. The van der Waals surface area contributed by atoms with E-state index in [9.17, 15) is 4.79 Å². The van der Waals surface area contributed by atoms with Crippen LogP contribution in [0.25, 0.3) is 10.9 Å².